The van der Waals surface area contributed by atoms with Gasteiger partial charge in [-0.3, -0.25) is 4.79 Å². The molecule has 1 aromatic rings. The second kappa shape index (κ2) is 7.46. The Bertz CT molecular complexity index is 441. The Morgan fingerprint density at radius 3 is 2.76 bits per heavy atom. The number of carbonyl (C=O) groups is 1. The van der Waals surface area contributed by atoms with E-state index < -0.39 is 0 Å². The average Bonchev–Trinajstić information content (AvgIpc) is 2.98. The van der Waals surface area contributed by atoms with Crippen molar-refractivity contribution in [1.82, 2.24) is 10.6 Å². The van der Waals surface area contributed by atoms with Gasteiger partial charge in [-0.1, -0.05) is 31.5 Å². The molecule has 0 aliphatic carbocycles. The normalized spacial score (nSPS) is 21.2. The van der Waals surface area contributed by atoms with E-state index in [1.807, 2.05) is 18.2 Å². The average molecular weight is 289 g/mol. The Morgan fingerprint density at radius 2 is 2.14 bits per heavy atom. The lowest BCUT2D eigenvalue weighted by Gasteiger charge is -2.27. The molecule has 1 amide bonds. The fraction of sp³-hybridized carbons (Fsp3) is 0.588. The summed E-state index contributed by atoms with van der Waals surface area (Å²) in [6, 6.07) is 10.2. The number of hydrogen-bond donors (Lipinski definition) is 2. The van der Waals surface area contributed by atoms with Crippen LogP contribution in [-0.2, 0) is 4.79 Å². The number of rotatable bonds is 7. The van der Waals surface area contributed by atoms with Crippen LogP contribution in [0, 0.1) is 5.41 Å². The van der Waals surface area contributed by atoms with Crippen LogP contribution in [0.5, 0.6) is 0 Å². The SMILES string of the molecule is CCCC1(C(=O)NCCN(C)c2ccccc2)CCNC1. The summed E-state index contributed by atoms with van der Waals surface area (Å²) in [6.07, 6.45) is 2.99. The number of nitrogens with one attached hydrogen (secondary N) is 2. The van der Waals surface area contributed by atoms with Crippen LogP contribution in [0.2, 0.25) is 0 Å². The summed E-state index contributed by atoms with van der Waals surface area (Å²) in [5, 5.41) is 6.46. The van der Waals surface area contributed by atoms with Gasteiger partial charge in [-0.2, -0.15) is 0 Å². The second-order valence-corrected chi connectivity index (χ2v) is 5.97. The van der Waals surface area contributed by atoms with Crippen molar-refractivity contribution < 1.29 is 4.79 Å². The maximum Gasteiger partial charge on any atom is 0.227 e. The predicted octanol–water partition coefficient (Wildman–Crippen LogP) is 2.02. The number of anilines is 1. The van der Waals surface area contributed by atoms with E-state index in [0.717, 1.165) is 38.9 Å². The lowest BCUT2D eigenvalue weighted by atomic mass is 9.81. The first-order valence-corrected chi connectivity index (χ1v) is 7.93. The van der Waals surface area contributed by atoms with Gasteiger partial charge in [0.1, 0.15) is 0 Å². The predicted molar refractivity (Wildman–Crippen MR) is 87.5 cm³/mol. The highest BCUT2D eigenvalue weighted by Gasteiger charge is 2.39. The van der Waals surface area contributed by atoms with Crippen LogP contribution in [0.4, 0.5) is 5.69 Å². The highest BCUT2D eigenvalue weighted by atomic mass is 16.2. The molecule has 1 atom stereocenters. The van der Waals surface area contributed by atoms with E-state index in [2.05, 4.69) is 41.6 Å². The molecule has 0 saturated carbocycles. The van der Waals surface area contributed by atoms with Gasteiger partial charge < -0.3 is 15.5 Å². The van der Waals surface area contributed by atoms with E-state index in [0.29, 0.717) is 6.54 Å². The quantitative estimate of drug-likeness (QED) is 0.807. The smallest absolute Gasteiger partial charge is 0.227 e. The number of nitrogens with zero attached hydrogens (tertiary/aromatic N) is 1. The van der Waals surface area contributed by atoms with Crippen LogP contribution in [0.15, 0.2) is 30.3 Å². The standard InChI is InChI=1S/C17H27N3O/c1-3-9-17(10-11-18-14-17)16(21)19-12-13-20(2)15-7-5-4-6-8-15/h4-8,18H,3,9-14H2,1-2H3,(H,19,21). The molecule has 2 rings (SSSR count). The number of benzene rings is 1. The zero-order valence-electron chi connectivity index (χ0n) is 13.2. The highest BCUT2D eigenvalue weighted by molar-refractivity contribution is 5.83. The van der Waals surface area contributed by atoms with Gasteiger partial charge in [-0.15, -0.1) is 0 Å². The first kappa shape index (κ1) is 15.8. The maximum absolute atomic E-state index is 12.5. The van der Waals surface area contributed by atoms with Crippen LogP contribution in [0.25, 0.3) is 0 Å². The van der Waals surface area contributed by atoms with Gasteiger partial charge >= 0.3 is 0 Å². The van der Waals surface area contributed by atoms with Crippen molar-refractivity contribution in [3.63, 3.8) is 0 Å². The summed E-state index contributed by atoms with van der Waals surface area (Å²) in [7, 11) is 2.06. The fourth-order valence-electron chi connectivity index (χ4n) is 3.08. The Hall–Kier alpha value is -1.55. The maximum atomic E-state index is 12.5. The van der Waals surface area contributed by atoms with E-state index in [4.69, 9.17) is 0 Å². The lowest BCUT2D eigenvalue weighted by molar-refractivity contribution is -0.130. The molecule has 1 unspecified atom stereocenters. The molecule has 0 bridgehead atoms. The lowest BCUT2D eigenvalue weighted by Crippen LogP contribution is -2.44. The summed E-state index contributed by atoms with van der Waals surface area (Å²) in [4.78, 5) is 14.7. The zero-order valence-corrected chi connectivity index (χ0v) is 13.2. The number of carbonyl (C=O) groups excluding carboxylic acids is 1. The molecule has 1 aliphatic heterocycles. The molecule has 1 saturated heterocycles. The van der Waals surface area contributed by atoms with Crippen molar-refractivity contribution in [1.29, 1.82) is 0 Å². The van der Waals surface area contributed by atoms with Crippen molar-refractivity contribution in [2.45, 2.75) is 26.2 Å². The third kappa shape index (κ3) is 3.97. The Balaban J connectivity index is 1.81. The Kier molecular flexibility index (Phi) is 5.62. The molecular weight excluding hydrogens is 262 g/mol. The topological polar surface area (TPSA) is 44.4 Å². The number of amides is 1. The largest absolute Gasteiger partial charge is 0.373 e. The molecule has 2 N–H and O–H groups in total. The van der Waals surface area contributed by atoms with Crippen LogP contribution in [-0.4, -0.2) is 39.1 Å². The third-order valence-electron chi connectivity index (χ3n) is 4.38. The van der Waals surface area contributed by atoms with Crippen molar-refractivity contribution in [2.75, 3.05) is 38.1 Å². The molecule has 1 aliphatic rings. The molecule has 0 spiro atoms. The molecule has 4 nitrogen and oxygen atoms in total. The summed E-state index contributed by atoms with van der Waals surface area (Å²) in [5.41, 5.74) is 0.998. The first-order valence-electron chi connectivity index (χ1n) is 7.93. The highest BCUT2D eigenvalue weighted by Crippen LogP contribution is 2.31. The van der Waals surface area contributed by atoms with Crippen molar-refractivity contribution in [3.05, 3.63) is 30.3 Å². The van der Waals surface area contributed by atoms with Gasteiger partial charge in [0.15, 0.2) is 0 Å². The molecule has 4 heteroatoms. The number of para-hydroxylation sites is 1. The minimum absolute atomic E-state index is 0.180. The van der Waals surface area contributed by atoms with Crippen LogP contribution in [0.1, 0.15) is 26.2 Å². The summed E-state index contributed by atoms with van der Waals surface area (Å²) in [5.74, 6) is 0.218. The van der Waals surface area contributed by atoms with Crippen LogP contribution >= 0.6 is 0 Å². The second-order valence-electron chi connectivity index (χ2n) is 5.97. The minimum atomic E-state index is -0.180. The molecule has 21 heavy (non-hydrogen) atoms. The third-order valence-corrected chi connectivity index (χ3v) is 4.38. The van der Waals surface area contributed by atoms with Gasteiger partial charge in [-0.05, 0) is 31.5 Å². The molecular formula is C17H27N3O. The van der Waals surface area contributed by atoms with Gasteiger partial charge in [0.2, 0.25) is 5.91 Å². The van der Waals surface area contributed by atoms with Crippen molar-refractivity contribution in [2.24, 2.45) is 5.41 Å². The molecule has 1 fully saturated rings. The number of likely N-dealkylation sites (N-methyl/N-ethyl adjacent to an activating group) is 1. The van der Waals surface area contributed by atoms with Gasteiger partial charge in [0, 0.05) is 32.4 Å². The summed E-state index contributed by atoms with van der Waals surface area (Å²) < 4.78 is 0. The van der Waals surface area contributed by atoms with Crippen LogP contribution < -0.4 is 15.5 Å². The molecule has 1 aromatic carbocycles. The van der Waals surface area contributed by atoms with Crippen molar-refractivity contribution >= 4 is 11.6 Å². The zero-order chi connectivity index (χ0) is 15.1. The fourth-order valence-corrected chi connectivity index (χ4v) is 3.08. The molecule has 0 aromatic heterocycles. The van der Waals surface area contributed by atoms with Crippen LogP contribution in [0.3, 0.4) is 0 Å². The Labute approximate surface area is 127 Å². The van der Waals surface area contributed by atoms with E-state index >= 15 is 0 Å². The van der Waals surface area contributed by atoms with E-state index in [-0.39, 0.29) is 11.3 Å². The van der Waals surface area contributed by atoms with Gasteiger partial charge in [0.05, 0.1) is 5.41 Å². The molecule has 0 radical (unpaired) electrons. The van der Waals surface area contributed by atoms with Gasteiger partial charge in [0.25, 0.3) is 0 Å². The van der Waals surface area contributed by atoms with Gasteiger partial charge in [-0.25, -0.2) is 0 Å². The summed E-state index contributed by atoms with van der Waals surface area (Å²) in [6.45, 7) is 5.44. The summed E-state index contributed by atoms with van der Waals surface area (Å²) >= 11 is 0. The Morgan fingerprint density at radius 1 is 1.38 bits per heavy atom. The van der Waals surface area contributed by atoms with Crippen molar-refractivity contribution in [3.8, 4) is 0 Å². The minimum Gasteiger partial charge on any atom is -0.373 e. The molecule has 116 valence electrons. The van der Waals surface area contributed by atoms with E-state index in [1.54, 1.807) is 0 Å². The first-order chi connectivity index (χ1) is 10.2. The number of hydrogen-bond acceptors (Lipinski definition) is 3. The molecule has 1 heterocycles. The monoisotopic (exact) mass is 289 g/mol. The van der Waals surface area contributed by atoms with E-state index in [9.17, 15) is 4.79 Å². The van der Waals surface area contributed by atoms with E-state index in [1.165, 1.54) is 5.69 Å².